The quantitative estimate of drug-likeness (QED) is 0.522. The van der Waals surface area contributed by atoms with E-state index in [2.05, 4.69) is 29.1 Å². The Labute approximate surface area is 175 Å². The molecule has 2 heterocycles. The van der Waals surface area contributed by atoms with E-state index in [9.17, 15) is 5.21 Å². The summed E-state index contributed by atoms with van der Waals surface area (Å²) in [6.45, 7) is 3.41. The van der Waals surface area contributed by atoms with Crippen molar-refractivity contribution >= 4 is 11.4 Å². The summed E-state index contributed by atoms with van der Waals surface area (Å²) in [6, 6.07) is 6.93. The molecule has 0 aromatic heterocycles. The van der Waals surface area contributed by atoms with Crippen LogP contribution in [0.25, 0.3) is 0 Å². The van der Waals surface area contributed by atoms with E-state index >= 15 is 0 Å². The Balaban J connectivity index is 1.55. The van der Waals surface area contributed by atoms with Crippen LogP contribution in [-0.2, 0) is 6.42 Å². The van der Waals surface area contributed by atoms with Gasteiger partial charge < -0.3 is 24.7 Å². The molecule has 0 radical (unpaired) electrons. The summed E-state index contributed by atoms with van der Waals surface area (Å²) in [4.78, 5) is 2.20. The number of hydrogen-bond donors (Lipinski definition) is 3. The maximum atomic E-state index is 11.1. The van der Waals surface area contributed by atoms with Gasteiger partial charge in [0.05, 0.1) is 13.7 Å². The normalized spacial score (nSPS) is 18.2. The molecule has 2 aromatic rings. The highest BCUT2D eigenvalue weighted by molar-refractivity contribution is 5.63. The number of likely N-dealkylation sites (N-methyl/N-ethyl adjacent to an activating group) is 1. The topological polar surface area (TPSA) is 90.7 Å². The summed E-state index contributed by atoms with van der Waals surface area (Å²) in [7, 11) is 3.69. The zero-order valence-electron chi connectivity index (χ0n) is 17.2. The summed E-state index contributed by atoms with van der Waals surface area (Å²) in [6.07, 6.45) is 0.893. The van der Waals surface area contributed by atoms with Crippen molar-refractivity contribution in [2.45, 2.75) is 19.4 Å². The SMILES string of the molecule is COc1c2c(cc3c1[C@@H](C#CCNc1ccc([NH+]([O-])O)cc1C)N(C)CC3)OCO2. The fraction of sp³-hybridized carbons (Fsp3) is 0.364. The fourth-order valence-electron chi connectivity index (χ4n) is 3.90. The van der Waals surface area contributed by atoms with Crippen molar-refractivity contribution in [1.82, 2.24) is 4.90 Å². The van der Waals surface area contributed by atoms with Gasteiger partial charge in [-0.2, -0.15) is 5.23 Å². The van der Waals surface area contributed by atoms with Gasteiger partial charge >= 0.3 is 0 Å². The molecule has 0 saturated heterocycles. The van der Waals surface area contributed by atoms with Crippen LogP contribution in [0.4, 0.5) is 11.4 Å². The average molecular weight is 411 g/mol. The number of nitrogens with one attached hydrogen (secondary N) is 2. The molecule has 158 valence electrons. The van der Waals surface area contributed by atoms with Gasteiger partial charge in [0.15, 0.2) is 17.2 Å². The lowest BCUT2D eigenvalue weighted by molar-refractivity contribution is -0.991. The van der Waals surface area contributed by atoms with Gasteiger partial charge in [-0.3, -0.25) is 4.90 Å². The van der Waals surface area contributed by atoms with Crippen LogP contribution >= 0.6 is 0 Å². The summed E-state index contributed by atoms with van der Waals surface area (Å²) < 4.78 is 16.9. The first kappa shape index (κ1) is 20.3. The van der Waals surface area contributed by atoms with Gasteiger partial charge in [-0.05, 0) is 43.7 Å². The third-order valence-electron chi connectivity index (χ3n) is 5.48. The number of methoxy groups -OCH3 is 1. The molecule has 8 heteroatoms. The Morgan fingerprint density at radius 2 is 2.20 bits per heavy atom. The minimum atomic E-state index is -0.932. The summed E-state index contributed by atoms with van der Waals surface area (Å²) in [5, 5.41) is 22.5. The molecule has 0 amide bonds. The Kier molecular flexibility index (Phi) is 5.70. The molecule has 30 heavy (non-hydrogen) atoms. The van der Waals surface area contributed by atoms with Crippen molar-refractivity contribution in [3.05, 3.63) is 46.2 Å². The fourth-order valence-corrected chi connectivity index (χ4v) is 3.90. The van der Waals surface area contributed by atoms with Crippen molar-refractivity contribution in [3.63, 3.8) is 0 Å². The smallest absolute Gasteiger partial charge is 0.231 e. The van der Waals surface area contributed by atoms with E-state index in [-0.39, 0.29) is 18.5 Å². The van der Waals surface area contributed by atoms with Gasteiger partial charge in [-0.15, -0.1) is 0 Å². The van der Waals surface area contributed by atoms with E-state index in [1.54, 1.807) is 25.3 Å². The number of quaternary nitrogens is 1. The van der Waals surface area contributed by atoms with Crippen molar-refractivity contribution in [1.29, 1.82) is 0 Å². The van der Waals surface area contributed by atoms with Gasteiger partial charge in [0.25, 0.3) is 0 Å². The van der Waals surface area contributed by atoms with E-state index < -0.39 is 5.23 Å². The second kappa shape index (κ2) is 8.42. The molecule has 3 N–H and O–H groups in total. The first-order chi connectivity index (χ1) is 14.5. The molecular weight excluding hydrogens is 386 g/mol. The van der Waals surface area contributed by atoms with Crippen LogP contribution in [0.15, 0.2) is 24.3 Å². The number of hydrogen-bond acceptors (Lipinski definition) is 7. The maximum absolute atomic E-state index is 11.1. The van der Waals surface area contributed by atoms with Crippen LogP contribution in [0.3, 0.4) is 0 Å². The summed E-state index contributed by atoms with van der Waals surface area (Å²) in [5.74, 6) is 8.63. The summed E-state index contributed by atoms with van der Waals surface area (Å²) in [5.41, 5.74) is 4.21. The third-order valence-corrected chi connectivity index (χ3v) is 5.48. The molecule has 0 spiro atoms. The highest BCUT2D eigenvalue weighted by atomic mass is 16.8. The second-order valence-corrected chi connectivity index (χ2v) is 7.36. The molecule has 2 aromatic carbocycles. The summed E-state index contributed by atoms with van der Waals surface area (Å²) >= 11 is 0. The highest BCUT2D eigenvalue weighted by Crippen LogP contribution is 2.49. The zero-order chi connectivity index (χ0) is 21.3. The first-order valence-corrected chi connectivity index (χ1v) is 9.75. The van der Waals surface area contributed by atoms with E-state index in [1.807, 2.05) is 13.0 Å². The lowest BCUT2D eigenvalue weighted by Crippen LogP contribution is -2.99. The standard InChI is InChI=1S/C22H25N3O5/c1-14-11-16(25(26)27)6-7-17(14)23-9-4-5-18-20-15(8-10-24(18)2)12-19-21(22(20)28-3)30-13-29-19/h6-7,11-12,18,23,25-26H,8-10,13H2,1-3H3/t18-/m1/s1. The van der Waals surface area contributed by atoms with Crippen LogP contribution in [0.1, 0.15) is 22.7 Å². The van der Waals surface area contributed by atoms with Crippen LogP contribution in [0.2, 0.25) is 0 Å². The molecule has 0 saturated carbocycles. The highest BCUT2D eigenvalue weighted by Gasteiger charge is 2.33. The number of rotatable bonds is 4. The molecule has 2 atom stereocenters. The number of benzene rings is 2. The molecule has 2 aliphatic heterocycles. The molecule has 0 bridgehead atoms. The maximum Gasteiger partial charge on any atom is 0.231 e. The lowest BCUT2D eigenvalue weighted by Gasteiger charge is -2.32. The number of fused-ring (bicyclic) bond motifs is 2. The van der Waals surface area contributed by atoms with E-state index in [0.717, 1.165) is 35.5 Å². The molecule has 1 unspecified atom stereocenters. The number of anilines is 1. The lowest BCUT2D eigenvalue weighted by atomic mass is 9.91. The first-order valence-electron chi connectivity index (χ1n) is 9.75. The van der Waals surface area contributed by atoms with Crippen molar-refractivity contribution < 1.29 is 24.6 Å². The Hall–Kier alpha value is -2.96. The van der Waals surface area contributed by atoms with Gasteiger partial charge in [-0.1, -0.05) is 11.8 Å². The molecule has 0 aliphatic carbocycles. The Morgan fingerprint density at radius 1 is 1.37 bits per heavy atom. The van der Waals surface area contributed by atoms with Gasteiger partial charge in [0.2, 0.25) is 12.5 Å². The second-order valence-electron chi connectivity index (χ2n) is 7.36. The monoisotopic (exact) mass is 411 g/mol. The van der Waals surface area contributed by atoms with Gasteiger partial charge in [0, 0.05) is 29.9 Å². The number of ether oxygens (including phenoxy) is 3. The third kappa shape index (κ3) is 3.76. The van der Waals surface area contributed by atoms with E-state index in [4.69, 9.17) is 19.4 Å². The zero-order valence-corrected chi connectivity index (χ0v) is 17.2. The minimum absolute atomic E-state index is 0.115. The van der Waals surface area contributed by atoms with Crippen molar-refractivity contribution in [2.24, 2.45) is 0 Å². The van der Waals surface area contributed by atoms with Gasteiger partial charge in [0.1, 0.15) is 6.04 Å². The van der Waals surface area contributed by atoms with Crippen LogP contribution in [0.5, 0.6) is 17.2 Å². The number of aryl methyl sites for hydroxylation is 1. The van der Waals surface area contributed by atoms with Crippen LogP contribution < -0.4 is 24.8 Å². The van der Waals surface area contributed by atoms with Crippen LogP contribution in [-0.4, -0.2) is 44.1 Å². The van der Waals surface area contributed by atoms with Crippen molar-refractivity contribution in [2.75, 3.05) is 39.4 Å². The molecular formula is C22H25N3O5. The minimum Gasteiger partial charge on any atom is -0.595 e. The van der Waals surface area contributed by atoms with E-state index in [1.165, 1.54) is 5.56 Å². The largest absolute Gasteiger partial charge is 0.595 e. The molecule has 0 fully saturated rings. The Bertz CT molecular complexity index is 1010. The predicted molar refractivity (Wildman–Crippen MR) is 111 cm³/mol. The predicted octanol–water partition coefficient (Wildman–Crippen LogP) is 1.78. The average Bonchev–Trinajstić information content (AvgIpc) is 3.20. The molecule has 8 nitrogen and oxygen atoms in total. The van der Waals surface area contributed by atoms with Crippen LogP contribution in [0, 0.1) is 24.0 Å². The van der Waals surface area contributed by atoms with Gasteiger partial charge in [-0.25, -0.2) is 5.21 Å². The number of nitrogens with zero attached hydrogens (tertiary/aromatic N) is 1. The molecule has 4 rings (SSSR count). The van der Waals surface area contributed by atoms with E-state index in [0.29, 0.717) is 18.0 Å². The Morgan fingerprint density at radius 3 is 2.93 bits per heavy atom. The molecule has 2 aliphatic rings. The van der Waals surface area contributed by atoms with Crippen molar-refractivity contribution in [3.8, 4) is 29.1 Å².